The highest BCUT2D eigenvalue weighted by atomic mass is 16.5. The fraction of sp³-hybridized carbons (Fsp3) is 0.407. The number of rotatable bonds is 11. The number of aryl methyl sites for hydroxylation is 1. The van der Waals surface area contributed by atoms with Gasteiger partial charge < -0.3 is 28.6 Å². The number of benzene rings is 1. The van der Waals surface area contributed by atoms with E-state index in [4.69, 9.17) is 18.6 Å². The van der Waals surface area contributed by atoms with Crippen molar-refractivity contribution in [3.63, 3.8) is 0 Å². The summed E-state index contributed by atoms with van der Waals surface area (Å²) in [6.07, 6.45) is 2.30. The van der Waals surface area contributed by atoms with Gasteiger partial charge in [0.25, 0.3) is 5.91 Å². The third-order valence-corrected chi connectivity index (χ3v) is 6.35. The van der Waals surface area contributed by atoms with Gasteiger partial charge >= 0.3 is 0 Å². The molecule has 4 rings (SSSR count). The third-order valence-electron chi connectivity index (χ3n) is 6.35. The molecule has 0 aliphatic carbocycles. The summed E-state index contributed by atoms with van der Waals surface area (Å²) in [5.74, 6) is -0.0855. The predicted octanol–water partition coefficient (Wildman–Crippen LogP) is 3.46. The molecule has 2 aliphatic rings. The van der Waals surface area contributed by atoms with E-state index in [1.807, 2.05) is 0 Å². The maximum atomic E-state index is 13.4. The van der Waals surface area contributed by atoms with Crippen LogP contribution in [0.4, 0.5) is 0 Å². The highest BCUT2D eigenvalue weighted by molar-refractivity contribution is 6.15. The number of carbonyl (C=O) groups is 2. The molecular formula is C27H32N2O7. The van der Waals surface area contributed by atoms with E-state index in [0.717, 1.165) is 19.6 Å². The molecule has 1 fully saturated rings. The molecule has 1 unspecified atom stereocenters. The van der Waals surface area contributed by atoms with Gasteiger partial charge in [-0.25, -0.2) is 0 Å². The number of carbonyl (C=O) groups excluding carboxylic acids is 2. The molecule has 2 aromatic rings. The Labute approximate surface area is 210 Å². The van der Waals surface area contributed by atoms with Gasteiger partial charge in [-0.3, -0.25) is 14.5 Å². The number of aliphatic hydroxyl groups is 1. The second-order valence-corrected chi connectivity index (χ2v) is 8.72. The normalized spacial score (nSPS) is 18.6. The van der Waals surface area contributed by atoms with Crippen molar-refractivity contribution in [3.05, 3.63) is 71.4 Å². The van der Waals surface area contributed by atoms with Gasteiger partial charge in [0.1, 0.15) is 12.4 Å². The number of ketones is 1. The summed E-state index contributed by atoms with van der Waals surface area (Å²) in [4.78, 5) is 30.5. The van der Waals surface area contributed by atoms with Crippen molar-refractivity contribution in [2.45, 2.75) is 19.4 Å². The van der Waals surface area contributed by atoms with Crippen molar-refractivity contribution in [1.29, 1.82) is 0 Å². The first kappa shape index (κ1) is 25.5. The number of methoxy groups -OCH3 is 1. The average molecular weight is 497 g/mol. The number of ether oxygens (including phenoxy) is 3. The molecule has 0 bridgehead atoms. The van der Waals surface area contributed by atoms with Crippen molar-refractivity contribution in [1.82, 2.24) is 9.80 Å². The molecule has 1 amide bonds. The van der Waals surface area contributed by atoms with Crippen LogP contribution in [-0.2, 0) is 9.53 Å². The van der Waals surface area contributed by atoms with E-state index in [-0.39, 0.29) is 11.3 Å². The Hall–Kier alpha value is -3.56. The summed E-state index contributed by atoms with van der Waals surface area (Å²) < 4.78 is 22.1. The summed E-state index contributed by atoms with van der Waals surface area (Å²) >= 11 is 0. The van der Waals surface area contributed by atoms with Gasteiger partial charge in [-0.2, -0.15) is 0 Å². The molecule has 9 heteroatoms. The summed E-state index contributed by atoms with van der Waals surface area (Å²) in [6, 6.07) is 7.64. The maximum Gasteiger partial charge on any atom is 0.290 e. The minimum atomic E-state index is -0.803. The van der Waals surface area contributed by atoms with Gasteiger partial charge in [-0.15, -0.1) is 0 Å². The Kier molecular flexibility index (Phi) is 8.12. The molecule has 0 saturated carbocycles. The van der Waals surface area contributed by atoms with E-state index in [1.54, 1.807) is 43.3 Å². The molecule has 2 aliphatic heterocycles. The quantitative estimate of drug-likeness (QED) is 0.373. The first-order valence-corrected chi connectivity index (χ1v) is 12.0. The van der Waals surface area contributed by atoms with Crippen molar-refractivity contribution in [2.24, 2.45) is 0 Å². The van der Waals surface area contributed by atoms with Gasteiger partial charge in [0.15, 0.2) is 23.0 Å². The van der Waals surface area contributed by atoms with E-state index in [2.05, 4.69) is 11.5 Å². The monoisotopic (exact) mass is 496 g/mol. The van der Waals surface area contributed by atoms with Crippen molar-refractivity contribution >= 4 is 11.7 Å². The number of morpholine rings is 1. The Morgan fingerprint density at radius 2 is 1.97 bits per heavy atom. The largest absolute Gasteiger partial charge is 0.503 e. The fourth-order valence-electron chi connectivity index (χ4n) is 4.56. The smallest absolute Gasteiger partial charge is 0.290 e. The lowest BCUT2D eigenvalue weighted by Crippen LogP contribution is -2.39. The molecule has 36 heavy (non-hydrogen) atoms. The van der Waals surface area contributed by atoms with Gasteiger partial charge in [0.2, 0.25) is 5.78 Å². The molecular weight excluding hydrogens is 464 g/mol. The minimum Gasteiger partial charge on any atom is -0.503 e. The van der Waals surface area contributed by atoms with E-state index in [1.165, 1.54) is 12.0 Å². The van der Waals surface area contributed by atoms with E-state index in [9.17, 15) is 14.7 Å². The molecule has 0 radical (unpaired) electrons. The van der Waals surface area contributed by atoms with E-state index in [0.29, 0.717) is 55.6 Å². The zero-order valence-corrected chi connectivity index (χ0v) is 20.7. The fourth-order valence-corrected chi connectivity index (χ4v) is 4.56. The average Bonchev–Trinajstić information content (AvgIpc) is 3.44. The Morgan fingerprint density at radius 3 is 2.64 bits per heavy atom. The Bertz CT molecular complexity index is 1150. The lowest BCUT2D eigenvalue weighted by Gasteiger charge is -2.30. The SMILES string of the molecule is C=CCOc1ccc(C2C(C(=O)c3ccc(C)o3)=C(O)C(=O)N2CCCN2CCOCC2)cc1OC. The van der Waals surface area contributed by atoms with Crippen LogP contribution in [0.3, 0.4) is 0 Å². The standard InChI is InChI=1S/C27H32N2O7/c1-4-14-35-20-9-7-19(17-22(20)33-3)24-23(25(30)21-8-6-18(2)36-21)26(31)27(32)29(24)11-5-10-28-12-15-34-16-13-28/h4,6-9,17,24,31H,1,5,10-16H2,2-3H3. The van der Waals surface area contributed by atoms with Gasteiger partial charge in [-0.1, -0.05) is 18.7 Å². The van der Waals surface area contributed by atoms with Crippen LogP contribution in [0.25, 0.3) is 0 Å². The molecule has 3 heterocycles. The number of Topliss-reactive ketones (excluding diaryl/α,β-unsaturated/α-hetero) is 1. The van der Waals surface area contributed by atoms with Crippen molar-refractivity contribution in [2.75, 3.05) is 53.1 Å². The minimum absolute atomic E-state index is 0.0115. The molecule has 1 atom stereocenters. The molecule has 192 valence electrons. The highest BCUT2D eigenvalue weighted by Gasteiger charge is 2.44. The van der Waals surface area contributed by atoms with Crippen LogP contribution < -0.4 is 9.47 Å². The summed E-state index contributed by atoms with van der Waals surface area (Å²) in [5.41, 5.74) is 0.607. The molecule has 1 N–H and O–H groups in total. The van der Waals surface area contributed by atoms with Crippen molar-refractivity contribution in [3.8, 4) is 11.5 Å². The third kappa shape index (κ3) is 5.32. The van der Waals surface area contributed by atoms with Crippen LogP contribution in [-0.4, -0.2) is 79.7 Å². The zero-order chi connectivity index (χ0) is 25.7. The summed E-state index contributed by atoms with van der Waals surface area (Å²) in [5, 5.41) is 10.9. The molecule has 9 nitrogen and oxygen atoms in total. The van der Waals surface area contributed by atoms with Crippen LogP contribution in [0.15, 0.2) is 58.7 Å². The molecule has 0 spiro atoms. The van der Waals surface area contributed by atoms with Crippen LogP contribution in [0.5, 0.6) is 11.5 Å². The van der Waals surface area contributed by atoms with Gasteiger partial charge in [0.05, 0.1) is 31.9 Å². The lowest BCUT2D eigenvalue weighted by atomic mass is 9.94. The summed E-state index contributed by atoms with van der Waals surface area (Å²) in [7, 11) is 1.52. The van der Waals surface area contributed by atoms with Gasteiger partial charge in [-0.05, 0) is 43.2 Å². The van der Waals surface area contributed by atoms with Crippen LogP contribution >= 0.6 is 0 Å². The highest BCUT2D eigenvalue weighted by Crippen LogP contribution is 2.42. The van der Waals surface area contributed by atoms with Gasteiger partial charge in [0, 0.05) is 26.2 Å². The second-order valence-electron chi connectivity index (χ2n) is 8.72. The number of nitrogens with zero attached hydrogens (tertiary/aromatic N) is 2. The van der Waals surface area contributed by atoms with E-state index >= 15 is 0 Å². The number of furan rings is 1. The molecule has 1 aromatic heterocycles. The number of aliphatic hydroxyl groups excluding tert-OH is 1. The summed E-state index contributed by atoms with van der Waals surface area (Å²) in [6.45, 7) is 9.88. The Morgan fingerprint density at radius 1 is 1.19 bits per heavy atom. The van der Waals surface area contributed by atoms with Crippen LogP contribution in [0.1, 0.15) is 34.3 Å². The molecule has 1 aromatic carbocycles. The van der Waals surface area contributed by atoms with Crippen LogP contribution in [0, 0.1) is 6.92 Å². The topological polar surface area (TPSA) is 102 Å². The van der Waals surface area contributed by atoms with E-state index < -0.39 is 23.5 Å². The first-order valence-electron chi connectivity index (χ1n) is 12.0. The Balaban J connectivity index is 1.66. The zero-order valence-electron chi connectivity index (χ0n) is 20.7. The first-order chi connectivity index (χ1) is 17.4. The second kappa shape index (κ2) is 11.5. The predicted molar refractivity (Wildman–Crippen MR) is 132 cm³/mol. The lowest BCUT2D eigenvalue weighted by molar-refractivity contribution is -0.129. The number of hydrogen-bond acceptors (Lipinski definition) is 8. The number of hydrogen-bond donors (Lipinski definition) is 1. The molecule has 1 saturated heterocycles. The van der Waals surface area contributed by atoms with Crippen molar-refractivity contribution < 1.29 is 33.3 Å². The maximum absolute atomic E-state index is 13.4. The number of amides is 1. The van der Waals surface area contributed by atoms with Crippen LogP contribution in [0.2, 0.25) is 0 Å².